The summed E-state index contributed by atoms with van der Waals surface area (Å²) in [4.78, 5) is 33.0. The fraction of sp³-hybridized carbons (Fsp3) is 0.0714. The minimum absolute atomic E-state index is 0.0353. The van der Waals surface area contributed by atoms with E-state index in [9.17, 15) is 19.7 Å². The Morgan fingerprint density at radius 1 is 1.26 bits per heavy atom. The molecule has 23 heavy (non-hydrogen) atoms. The maximum absolute atomic E-state index is 11.5. The number of nitrogens with zero attached hydrogens (tertiary/aromatic N) is 2. The van der Waals surface area contributed by atoms with Crippen molar-refractivity contribution in [1.29, 1.82) is 0 Å². The Bertz CT molecular complexity index is 722. The van der Waals surface area contributed by atoms with Crippen LogP contribution in [0.15, 0.2) is 52.2 Å². The Morgan fingerprint density at radius 2 is 2.00 bits per heavy atom. The first-order valence-corrected chi connectivity index (χ1v) is 6.44. The lowest BCUT2D eigenvalue weighted by Crippen LogP contribution is -2.34. The summed E-state index contributed by atoms with van der Waals surface area (Å²) in [6.45, 7) is -0.267. The molecule has 2 amide bonds. The summed E-state index contributed by atoms with van der Waals surface area (Å²) >= 11 is 0. The number of nitro benzene ring substituents is 1. The van der Waals surface area contributed by atoms with Gasteiger partial charge in [-0.3, -0.25) is 19.7 Å². The van der Waals surface area contributed by atoms with Gasteiger partial charge in [-0.25, -0.2) is 5.43 Å². The Hall–Kier alpha value is -3.49. The van der Waals surface area contributed by atoms with Gasteiger partial charge in [-0.1, -0.05) is 0 Å². The second-order valence-corrected chi connectivity index (χ2v) is 4.30. The molecule has 0 atom stereocenters. The standard InChI is InChI=1S/C14H12N4O5/c19-13(9-15-14(20)12-2-1-7-23-12)17-16-8-10-3-5-11(6-4-10)18(21)22/h1-8H,9H2,(H,15,20)(H,17,19)/b16-8-. The second-order valence-electron chi connectivity index (χ2n) is 4.30. The topological polar surface area (TPSA) is 127 Å². The number of carbonyl (C=O) groups excluding carboxylic acids is 2. The fourth-order valence-corrected chi connectivity index (χ4v) is 1.56. The summed E-state index contributed by atoms with van der Waals surface area (Å²) in [7, 11) is 0. The highest BCUT2D eigenvalue weighted by atomic mass is 16.6. The number of rotatable bonds is 6. The molecule has 0 aliphatic carbocycles. The molecule has 9 nitrogen and oxygen atoms in total. The molecule has 0 unspecified atom stereocenters. The predicted molar refractivity (Wildman–Crippen MR) is 79.9 cm³/mol. The van der Waals surface area contributed by atoms with E-state index >= 15 is 0 Å². The smallest absolute Gasteiger partial charge is 0.287 e. The van der Waals surface area contributed by atoms with Gasteiger partial charge in [0.05, 0.1) is 23.9 Å². The molecule has 2 aromatic rings. The zero-order chi connectivity index (χ0) is 16.7. The first-order chi connectivity index (χ1) is 11.1. The van der Waals surface area contributed by atoms with E-state index in [2.05, 4.69) is 15.8 Å². The van der Waals surface area contributed by atoms with Crippen molar-refractivity contribution in [3.63, 3.8) is 0 Å². The molecule has 118 valence electrons. The monoisotopic (exact) mass is 316 g/mol. The van der Waals surface area contributed by atoms with Crippen molar-refractivity contribution < 1.29 is 18.9 Å². The lowest BCUT2D eigenvalue weighted by molar-refractivity contribution is -0.384. The van der Waals surface area contributed by atoms with Gasteiger partial charge in [0, 0.05) is 12.1 Å². The SMILES string of the molecule is O=C(CNC(=O)c1ccco1)N/N=C\c1ccc([N+](=O)[O-])cc1. The molecule has 1 heterocycles. The van der Waals surface area contributed by atoms with Gasteiger partial charge in [0.2, 0.25) is 0 Å². The van der Waals surface area contributed by atoms with E-state index in [1.807, 2.05) is 0 Å². The number of nitro groups is 1. The van der Waals surface area contributed by atoms with Crippen molar-refractivity contribution in [3.05, 3.63) is 64.1 Å². The van der Waals surface area contributed by atoms with Gasteiger partial charge >= 0.3 is 0 Å². The third-order valence-electron chi connectivity index (χ3n) is 2.66. The summed E-state index contributed by atoms with van der Waals surface area (Å²) < 4.78 is 4.87. The fourth-order valence-electron chi connectivity index (χ4n) is 1.56. The molecule has 0 fully saturated rings. The highest BCUT2D eigenvalue weighted by Gasteiger charge is 2.09. The van der Waals surface area contributed by atoms with Crippen LogP contribution in [0.1, 0.15) is 16.1 Å². The molecule has 0 aliphatic heterocycles. The molecule has 2 N–H and O–H groups in total. The number of amides is 2. The first kappa shape index (κ1) is 15.9. The molecule has 1 aromatic carbocycles. The van der Waals surface area contributed by atoms with Crippen LogP contribution in [0.2, 0.25) is 0 Å². The van der Waals surface area contributed by atoms with Crippen molar-refractivity contribution in [2.75, 3.05) is 6.54 Å². The van der Waals surface area contributed by atoms with Gasteiger partial charge in [0.25, 0.3) is 17.5 Å². The summed E-state index contributed by atoms with van der Waals surface area (Å²) in [5, 5.41) is 16.5. The number of carbonyl (C=O) groups is 2. The van der Waals surface area contributed by atoms with E-state index in [0.29, 0.717) is 5.56 Å². The maximum atomic E-state index is 11.5. The van der Waals surface area contributed by atoms with E-state index < -0.39 is 16.7 Å². The van der Waals surface area contributed by atoms with Crippen molar-refractivity contribution in [1.82, 2.24) is 10.7 Å². The molecule has 0 spiro atoms. The Labute approximate surface area is 130 Å². The number of nitrogens with one attached hydrogen (secondary N) is 2. The van der Waals surface area contributed by atoms with Gasteiger partial charge in [0.1, 0.15) is 0 Å². The molecule has 0 saturated carbocycles. The quantitative estimate of drug-likeness (QED) is 0.468. The summed E-state index contributed by atoms with van der Waals surface area (Å²) in [5.74, 6) is -0.931. The van der Waals surface area contributed by atoms with E-state index in [4.69, 9.17) is 4.42 Å². The number of non-ortho nitro benzene ring substituents is 1. The van der Waals surface area contributed by atoms with E-state index in [0.717, 1.165) is 0 Å². The largest absolute Gasteiger partial charge is 0.459 e. The van der Waals surface area contributed by atoms with Crippen LogP contribution in [0.5, 0.6) is 0 Å². The number of hydrogen-bond donors (Lipinski definition) is 2. The molecule has 0 radical (unpaired) electrons. The first-order valence-electron chi connectivity index (χ1n) is 6.44. The highest BCUT2D eigenvalue weighted by molar-refractivity contribution is 5.94. The lowest BCUT2D eigenvalue weighted by Gasteiger charge is -2.01. The molecule has 2 rings (SSSR count). The van der Waals surface area contributed by atoms with Gasteiger partial charge in [-0.05, 0) is 29.8 Å². The van der Waals surface area contributed by atoms with Crippen LogP contribution in [0.4, 0.5) is 5.69 Å². The average molecular weight is 316 g/mol. The predicted octanol–water partition coefficient (Wildman–Crippen LogP) is 1.07. The van der Waals surface area contributed by atoms with Crippen LogP contribution >= 0.6 is 0 Å². The van der Waals surface area contributed by atoms with Crippen LogP contribution in [0.25, 0.3) is 0 Å². The van der Waals surface area contributed by atoms with Gasteiger partial charge in [-0.15, -0.1) is 0 Å². The Kier molecular flexibility index (Phi) is 5.18. The average Bonchev–Trinajstić information content (AvgIpc) is 3.07. The molecule has 1 aromatic heterocycles. The summed E-state index contributed by atoms with van der Waals surface area (Å²) in [6, 6.07) is 8.67. The normalized spacial score (nSPS) is 10.4. The van der Waals surface area contributed by atoms with E-state index in [1.54, 1.807) is 6.07 Å². The third-order valence-corrected chi connectivity index (χ3v) is 2.66. The number of furan rings is 1. The van der Waals surface area contributed by atoms with Crippen LogP contribution in [0.3, 0.4) is 0 Å². The Morgan fingerprint density at radius 3 is 2.61 bits per heavy atom. The van der Waals surface area contributed by atoms with Crippen molar-refractivity contribution in [2.45, 2.75) is 0 Å². The van der Waals surface area contributed by atoms with E-state index in [-0.39, 0.29) is 18.0 Å². The Balaban J connectivity index is 1.77. The van der Waals surface area contributed by atoms with Gasteiger partial charge in [-0.2, -0.15) is 5.10 Å². The maximum Gasteiger partial charge on any atom is 0.287 e. The molecular formula is C14H12N4O5. The molecular weight excluding hydrogens is 304 g/mol. The van der Waals surface area contributed by atoms with Crippen LogP contribution < -0.4 is 10.7 Å². The van der Waals surface area contributed by atoms with Crippen LogP contribution in [0, 0.1) is 10.1 Å². The van der Waals surface area contributed by atoms with Crippen molar-refractivity contribution >= 4 is 23.7 Å². The number of benzene rings is 1. The number of hydrogen-bond acceptors (Lipinski definition) is 6. The zero-order valence-electron chi connectivity index (χ0n) is 11.8. The van der Waals surface area contributed by atoms with Gasteiger partial charge < -0.3 is 9.73 Å². The lowest BCUT2D eigenvalue weighted by atomic mass is 10.2. The van der Waals surface area contributed by atoms with Crippen LogP contribution in [-0.4, -0.2) is 29.5 Å². The van der Waals surface area contributed by atoms with E-state index in [1.165, 1.54) is 42.8 Å². The molecule has 0 saturated heterocycles. The molecule has 0 aliphatic rings. The summed E-state index contributed by atoms with van der Waals surface area (Å²) in [5.41, 5.74) is 2.76. The molecule has 0 bridgehead atoms. The zero-order valence-corrected chi connectivity index (χ0v) is 11.8. The highest BCUT2D eigenvalue weighted by Crippen LogP contribution is 2.10. The van der Waals surface area contributed by atoms with Crippen molar-refractivity contribution in [3.8, 4) is 0 Å². The minimum atomic E-state index is -0.525. The third kappa shape index (κ3) is 4.77. The van der Waals surface area contributed by atoms with Crippen molar-refractivity contribution in [2.24, 2.45) is 5.10 Å². The number of hydrazone groups is 1. The second kappa shape index (κ2) is 7.50. The summed E-state index contributed by atoms with van der Waals surface area (Å²) in [6.07, 6.45) is 2.68. The van der Waals surface area contributed by atoms with Gasteiger partial charge in [0.15, 0.2) is 5.76 Å². The molecule has 9 heteroatoms. The van der Waals surface area contributed by atoms with Crippen LogP contribution in [-0.2, 0) is 4.79 Å². The minimum Gasteiger partial charge on any atom is -0.459 e.